The van der Waals surface area contributed by atoms with E-state index in [0.29, 0.717) is 12.4 Å². The third-order valence-corrected chi connectivity index (χ3v) is 5.39. The first-order chi connectivity index (χ1) is 16.2. The fourth-order valence-corrected chi connectivity index (χ4v) is 3.73. The van der Waals surface area contributed by atoms with Crippen molar-refractivity contribution >= 4 is 34.3 Å². The van der Waals surface area contributed by atoms with Crippen molar-refractivity contribution in [1.82, 2.24) is 14.5 Å². The van der Waals surface area contributed by atoms with E-state index in [0.717, 1.165) is 39.1 Å². The maximum atomic E-state index is 13.4. The van der Waals surface area contributed by atoms with E-state index in [1.165, 1.54) is 12.1 Å². The molecule has 6 nitrogen and oxygen atoms in total. The lowest BCUT2D eigenvalue weighted by atomic mass is 10.1. The van der Waals surface area contributed by atoms with Crippen LogP contribution in [0.1, 0.15) is 11.1 Å². The molecule has 3 aromatic carbocycles. The smallest absolute Gasteiger partial charge is 0.169 e. The molecule has 0 aliphatic rings. The number of aromatic nitrogens is 3. The van der Waals surface area contributed by atoms with Gasteiger partial charge in [0.2, 0.25) is 0 Å². The van der Waals surface area contributed by atoms with Gasteiger partial charge in [0.15, 0.2) is 6.21 Å². The molecule has 0 radical (unpaired) electrons. The zero-order valence-corrected chi connectivity index (χ0v) is 17.7. The van der Waals surface area contributed by atoms with Gasteiger partial charge >= 0.3 is 0 Å². The van der Waals surface area contributed by atoms with Gasteiger partial charge in [-0.1, -0.05) is 12.1 Å². The van der Waals surface area contributed by atoms with Gasteiger partial charge in [0.05, 0.1) is 11.1 Å². The maximum Gasteiger partial charge on any atom is 0.169 e. The van der Waals surface area contributed by atoms with Crippen LogP contribution in [0.3, 0.4) is 0 Å². The maximum absolute atomic E-state index is 13.4. The van der Waals surface area contributed by atoms with Crippen molar-refractivity contribution in [3.63, 3.8) is 0 Å². The summed E-state index contributed by atoms with van der Waals surface area (Å²) < 4.78 is 15.5. The summed E-state index contributed by atoms with van der Waals surface area (Å²) in [7, 11) is 0. The van der Waals surface area contributed by atoms with Gasteiger partial charge in [-0.3, -0.25) is 5.41 Å². The van der Waals surface area contributed by atoms with E-state index >= 15 is 0 Å². The molecule has 2 heterocycles. The molecule has 2 aromatic heterocycles. The monoisotopic (exact) mass is 437 g/mol. The van der Waals surface area contributed by atoms with E-state index in [1.54, 1.807) is 18.6 Å². The van der Waals surface area contributed by atoms with Crippen LogP contribution in [-0.2, 0) is 6.54 Å². The highest BCUT2D eigenvalue weighted by Crippen LogP contribution is 2.27. The lowest BCUT2D eigenvalue weighted by Crippen LogP contribution is -2.30. The summed E-state index contributed by atoms with van der Waals surface area (Å²) in [4.78, 5) is 8.85. The molecule has 0 bridgehead atoms. The number of anilines is 3. The molecule has 33 heavy (non-hydrogen) atoms. The van der Waals surface area contributed by atoms with Gasteiger partial charge in [-0.05, 0) is 66.2 Å². The second kappa shape index (κ2) is 8.92. The molecule has 0 amide bonds. The molecule has 0 fully saturated rings. The van der Waals surface area contributed by atoms with Crippen LogP contribution in [0.25, 0.3) is 16.6 Å². The predicted octanol–water partition coefficient (Wildman–Crippen LogP) is 4.09. The number of nitrogens with one attached hydrogen (secondary N) is 2. The van der Waals surface area contributed by atoms with Gasteiger partial charge in [0, 0.05) is 41.4 Å². The number of hydrogen-bond donors (Lipinski definition) is 3. The fraction of sp³-hybridized carbons (Fsp3) is 0.0385. The van der Waals surface area contributed by atoms with Gasteiger partial charge in [-0.25, -0.2) is 14.4 Å². The molecule has 162 valence electrons. The van der Waals surface area contributed by atoms with Crippen LogP contribution in [0, 0.1) is 5.82 Å². The standard InChI is InChI=1S/C26H21FN6/c27-20-5-3-4-18(12-20)16-29-24-8-6-21(13-19(24)15-28)32-26-23-14-22(33-10-1-2-11-33)7-9-25(23)30-17-31-26/h1-15,17,28-29H,16H2,(H,30,31,32)/p+1. The Bertz CT molecular complexity index is 1430. The number of halogens is 1. The van der Waals surface area contributed by atoms with Crippen LogP contribution in [0.5, 0.6) is 0 Å². The average Bonchev–Trinajstić information content (AvgIpc) is 3.38. The minimum Gasteiger partial charge on any atom is -0.380 e. The number of nitrogens with two attached hydrogens (primary N) is 1. The number of nitrogens with zero attached hydrogens (tertiary/aromatic N) is 3. The van der Waals surface area contributed by atoms with E-state index in [2.05, 4.69) is 26.7 Å². The molecule has 0 saturated heterocycles. The minimum atomic E-state index is -0.253. The minimum absolute atomic E-state index is 0.253. The Balaban J connectivity index is 1.41. The highest BCUT2D eigenvalue weighted by atomic mass is 19.1. The first-order valence-electron chi connectivity index (χ1n) is 10.5. The molecule has 4 N–H and O–H groups in total. The molecular formula is C26H22FN6+. The lowest BCUT2D eigenvalue weighted by molar-refractivity contribution is -0.104. The van der Waals surface area contributed by atoms with Gasteiger partial charge in [-0.15, -0.1) is 0 Å². The zero-order chi connectivity index (χ0) is 22.6. The SMILES string of the molecule is [NH2+]=Cc1cc(Nc2ncnc3ccc(-n4cccc4)cc23)ccc1NCc1cccc(F)c1. The van der Waals surface area contributed by atoms with Crippen molar-refractivity contribution in [2.75, 3.05) is 10.6 Å². The van der Waals surface area contributed by atoms with Crippen molar-refractivity contribution in [1.29, 1.82) is 0 Å². The van der Waals surface area contributed by atoms with E-state index in [9.17, 15) is 4.39 Å². The Morgan fingerprint density at radius 2 is 1.82 bits per heavy atom. The van der Waals surface area contributed by atoms with Crippen molar-refractivity contribution in [2.45, 2.75) is 6.54 Å². The molecule has 7 heteroatoms. The quantitative estimate of drug-likeness (QED) is 0.335. The first-order valence-corrected chi connectivity index (χ1v) is 10.5. The topological polar surface area (TPSA) is 80.4 Å². The third kappa shape index (κ3) is 4.43. The number of fused-ring (bicyclic) bond motifs is 1. The van der Waals surface area contributed by atoms with Crippen LogP contribution in [-0.4, -0.2) is 20.7 Å². The number of rotatable bonds is 7. The average molecular weight is 438 g/mol. The molecule has 0 saturated carbocycles. The zero-order valence-electron chi connectivity index (χ0n) is 17.7. The van der Waals surface area contributed by atoms with Crippen LogP contribution in [0.15, 0.2) is 91.5 Å². The Labute approximate surface area is 190 Å². The molecule has 5 aromatic rings. The summed E-state index contributed by atoms with van der Waals surface area (Å²) in [5.74, 6) is 0.453. The van der Waals surface area contributed by atoms with E-state index in [-0.39, 0.29) is 5.82 Å². The van der Waals surface area contributed by atoms with Crippen LogP contribution in [0.2, 0.25) is 0 Å². The van der Waals surface area contributed by atoms with Crippen LogP contribution < -0.4 is 16.0 Å². The molecule has 0 aliphatic heterocycles. The molecule has 0 spiro atoms. The van der Waals surface area contributed by atoms with Gasteiger partial charge in [0.1, 0.15) is 18.0 Å². The lowest BCUT2D eigenvalue weighted by Gasteiger charge is -2.13. The van der Waals surface area contributed by atoms with E-state index in [4.69, 9.17) is 5.41 Å². The van der Waals surface area contributed by atoms with Crippen molar-refractivity contribution in [3.05, 3.63) is 108 Å². The second-order valence-electron chi connectivity index (χ2n) is 7.59. The molecule has 5 rings (SSSR count). The second-order valence-corrected chi connectivity index (χ2v) is 7.59. The van der Waals surface area contributed by atoms with Crippen LogP contribution >= 0.6 is 0 Å². The third-order valence-electron chi connectivity index (χ3n) is 5.39. The summed E-state index contributed by atoms with van der Waals surface area (Å²) in [6, 6.07) is 22.4. The molecular weight excluding hydrogens is 415 g/mol. The van der Waals surface area contributed by atoms with E-state index < -0.39 is 0 Å². The Morgan fingerprint density at radius 1 is 0.939 bits per heavy atom. The number of benzene rings is 3. The Kier molecular flexibility index (Phi) is 5.51. The van der Waals surface area contributed by atoms with Crippen molar-refractivity contribution in [3.8, 4) is 5.69 Å². The molecule has 0 unspecified atom stereocenters. The summed E-state index contributed by atoms with van der Waals surface area (Å²) in [5.41, 5.74) is 5.25. The molecule has 0 atom stereocenters. The summed E-state index contributed by atoms with van der Waals surface area (Å²) in [6.07, 6.45) is 7.08. The first kappa shape index (κ1) is 20.4. The van der Waals surface area contributed by atoms with Crippen molar-refractivity contribution < 1.29 is 9.80 Å². The van der Waals surface area contributed by atoms with Gasteiger partial charge < -0.3 is 15.2 Å². The van der Waals surface area contributed by atoms with Crippen molar-refractivity contribution in [2.24, 2.45) is 0 Å². The van der Waals surface area contributed by atoms with E-state index in [1.807, 2.05) is 65.5 Å². The van der Waals surface area contributed by atoms with Crippen LogP contribution in [0.4, 0.5) is 21.6 Å². The number of hydrogen-bond acceptors (Lipinski definition) is 4. The largest absolute Gasteiger partial charge is 0.380 e. The van der Waals surface area contributed by atoms with Gasteiger partial charge in [0.25, 0.3) is 0 Å². The summed E-state index contributed by atoms with van der Waals surface area (Å²) in [6.45, 7) is 0.490. The highest BCUT2D eigenvalue weighted by Gasteiger charge is 2.09. The fourth-order valence-electron chi connectivity index (χ4n) is 3.73. The highest BCUT2D eigenvalue weighted by molar-refractivity contribution is 5.93. The summed E-state index contributed by atoms with van der Waals surface area (Å²) in [5, 5.41) is 13.5. The Hall–Kier alpha value is -4.52. The van der Waals surface area contributed by atoms with Gasteiger partial charge in [-0.2, -0.15) is 0 Å². The normalized spacial score (nSPS) is 10.8. The predicted molar refractivity (Wildman–Crippen MR) is 129 cm³/mol. The Morgan fingerprint density at radius 3 is 2.64 bits per heavy atom. The summed E-state index contributed by atoms with van der Waals surface area (Å²) >= 11 is 0. The molecule has 0 aliphatic carbocycles.